The SMILES string of the molecule is OCc1cc(-c2ccc(Cl)cc2Cl)c(OCC2CC2)c(Cl)n1. The van der Waals surface area contributed by atoms with Gasteiger partial charge in [0.25, 0.3) is 0 Å². The number of aliphatic hydroxyl groups is 1. The standard InChI is InChI=1S/C16H14Cl3NO2/c17-10-3-4-12(14(18)5-10)13-6-11(7-21)20-16(19)15(13)22-8-9-1-2-9/h3-6,9,21H,1-2,7-8H2. The number of hydrogen-bond acceptors (Lipinski definition) is 3. The van der Waals surface area contributed by atoms with E-state index in [0.717, 1.165) is 5.56 Å². The van der Waals surface area contributed by atoms with Crippen molar-refractivity contribution in [1.29, 1.82) is 0 Å². The fourth-order valence-corrected chi connectivity index (χ4v) is 2.94. The van der Waals surface area contributed by atoms with Crippen molar-refractivity contribution >= 4 is 34.8 Å². The molecule has 0 unspecified atom stereocenters. The number of aromatic nitrogens is 1. The molecule has 0 atom stereocenters. The summed E-state index contributed by atoms with van der Waals surface area (Å²) in [6.45, 7) is 0.402. The van der Waals surface area contributed by atoms with Crippen molar-refractivity contribution in [2.24, 2.45) is 5.92 Å². The largest absolute Gasteiger partial charge is 0.489 e. The Morgan fingerprint density at radius 3 is 2.55 bits per heavy atom. The highest BCUT2D eigenvalue weighted by Crippen LogP contribution is 2.41. The van der Waals surface area contributed by atoms with Crippen LogP contribution in [0.4, 0.5) is 0 Å². The number of rotatable bonds is 5. The number of nitrogens with zero attached hydrogens (tertiary/aromatic N) is 1. The van der Waals surface area contributed by atoms with Crippen molar-refractivity contribution in [3.05, 3.63) is 45.2 Å². The molecule has 3 nitrogen and oxygen atoms in total. The second kappa shape index (κ2) is 6.63. The van der Waals surface area contributed by atoms with Gasteiger partial charge in [0, 0.05) is 16.1 Å². The maximum Gasteiger partial charge on any atom is 0.172 e. The second-order valence-corrected chi connectivity index (χ2v) is 6.52. The Kier molecular flexibility index (Phi) is 4.79. The highest BCUT2D eigenvalue weighted by Gasteiger charge is 2.24. The van der Waals surface area contributed by atoms with Gasteiger partial charge in [-0.2, -0.15) is 0 Å². The third-order valence-electron chi connectivity index (χ3n) is 3.53. The summed E-state index contributed by atoms with van der Waals surface area (Å²) in [6, 6.07) is 6.96. The third-order valence-corrected chi connectivity index (χ3v) is 4.33. The van der Waals surface area contributed by atoms with Crippen molar-refractivity contribution in [3.63, 3.8) is 0 Å². The molecule has 0 spiro atoms. The second-order valence-electron chi connectivity index (χ2n) is 5.32. The van der Waals surface area contributed by atoms with E-state index in [1.54, 1.807) is 18.2 Å². The van der Waals surface area contributed by atoms with Crippen LogP contribution in [-0.4, -0.2) is 16.7 Å². The summed E-state index contributed by atoms with van der Waals surface area (Å²) >= 11 is 18.5. The first kappa shape index (κ1) is 15.9. The average molecular weight is 359 g/mol. The number of aliphatic hydroxyl groups excluding tert-OH is 1. The smallest absolute Gasteiger partial charge is 0.172 e. The monoisotopic (exact) mass is 357 g/mol. The van der Waals surface area contributed by atoms with Gasteiger partial charge >= 0.3 is 0 Å². The van der Waals surface area contributed by atoms with Gasteiger partial charge in [-0.1, -0.05) is 40.9 Å². The molecule has 0 aliphatic heterocycles. The molecule has 1 aliphatic carbocycles. The van der Waals surface area contributed by atoms with Gasteiger partial charge in [-0.3, -0.25) is 0 Å². The fourth-order valence-electron chi connectivity index (χ4n) is 2.16. The Morgan fingerprint density at radius 2 is 1.91 bits per heavy atom. The van der Waals surface area contributed by atoms with Gasteiger partial charge in [0.15, 0.2) is 10.9 Å². The van der Waals surface area contributed by atoms with Gasteiger partial charge in [0.1, 0.15) is 0 Å². The van der Waals surface area contributed by atoms with Crippen molar-refractivity contribution in [1.82, 2.24) is 4.98 Å². The lowest BCUT2D eigenvalue weighted by Gasteiger charge is -2.15. The Morgan fingerprint density at radius 1 is 1.14 bits per heavy atom. The summed E-state index contributed by atoms with van der Waals surface area (Å²) in [5, 5.41) is 10.6. The summed E-state index contributed by atoms with van der Waals surface area (Å²) in [7, 11) is 0. The first-order valence-electron chi connectivity index (χ1n) is 6.97. The molecule has 1 aliphatic rings. The molecule has 0 bridgehead atoms. The molecule has 0 amide bonds. The van der Waals surface area contributed by atoms with E-state index in [-0.39, 0.29) is 11.8 Å². The van der Waals surface area contributed by atoms with Crippen LogP contribution in [0.2, 0.25) is 15.2 Å². The van der Waals surface area contributed by atoms with E-state index in [2.05, 4.69) is 4.98 Å². The van der Waals surface area contributed by atoms with Crippen LogP contribution < -0.4 is 4.74 Å². The summed E-state index contributed by atoms with van der Waals surface area (Å²) < 4.78 is 5.86. The first-order chi connectivity index (χ1) is 10.6. The Bertz CT molecular complexity index is 702. The normalized spacial score (nSPS) is 14.2. The lowest BCUT2D eigenvalue weighted by molar-refractivity contribution is 0.275. The van der Waals surface area contributed by atoms with Crippen LogP contribution in [0.5, 0.6) is 5.75 Å². The maximum absolute atomic E-state index is 9.35. The Balaban J connectivity index is 2.07. The molecular formula is C16H14Cl3NO2. The van der Waals surface area contributed by atoms with Gasteiger partial charge < -0.3 is 9.84 Å². The molecule has 1 fully saturated rings. The molecule has 0 saturated heterocycles. The summed E-state index contributed by atoms with van der Waals surface area (Å²) in [5.74, 6) is 1.08. The Labute approximate surface area is 143 Å². The predicted octanol–water partition coefficient (Wildman–Crippen LogP) is 4.99. The highest BCUT2D eigenvalue weighted by atomic mass is 35.5. The number of halogens is 3. The van der Waals surface area contributed by atoms with Crippen LogP contribution in [0.25, 0.3) is 11.1 Å². The summed E-state index contributed by atoms with van der Waals surface area (Å²) in [6.07, 6.45) is 2.35. The van der Waals surface area contributed by atoms with E-state index >= 15 is 0 Å². The van der Waals surface area contributed by atoms with Crippen molar-refractivity contribution in [2.75, 3.05) is 6.61 Å². The number of ether oxygens (including phenoxy) is 1. The van der Waals surface area contributed by atoms with Gasteiger partial charge in [0.05, 0.1) is 23.9 Å². The zero-order valence-electron chi connectivity index (χ0n) is 11.7. The lowest BCUT2D eigenvalue weighted by Crippen LogP contribution is -2.03. The molecule has 0 radical (unpaired) electrons. The molecule has 22 heavy (non-hydrogen) atoms. The minimum absolute atomic E-state index is 0.208. The lowest BCUT2D eigenvalue weighted by atomic mass is 10.0. The molecule has 1 N–H and O–H groups in total. The van der Waals surface area contributed by atoms with E-state index < -0.39 is 0 Å². The zero-order valence-corrected chi connectivity index (χ0v) is 13.9. The molecule has 6 heteroatoms. The van der Waals surface area contributed by atoms with E-state index in [0.29, 0.717) is 39.6 Å². The van der Waals surface area contributed by atoms with Crippen LogP contribution >= 0.6 is 34.8 Å². The van der Waals surface area contributed by atoms with E-state index in [1.807, 2.05) is 6.07 Å². The molecule has 1 aromatic carbocycles. The van der Waals surface area contributed by atoms with Gasteiger partial charge in [-0.25, -0.2) is 4.98 Å². The molecule has 3 rings (SSSR count). The van der Waals surface area contributed by atoms with Gasteiger partial charge in [-0.05, 0) is 37.0 Å². The van der Waals surface area contributed by atoms with Crippen LogP contribution in [-0.2, 0) is 6.61 Å². The van der Waals surface area contributed by atoms with Crippen molar-refractivity contribution in [2.45, 2.75) is 19.4 Å². The van der Waals surface area contributed by atoms with E-state index in [4.69, 9.17) is 39.5 Å². The summed E-state index contributed by atoms with van der Waals surface area (Å²) in [4.78, 5) is 4.14. The maximum atomic E-state index is 9.35. The van der Waals surface area contributed by atoms with E-state index in [1.165, 1.54) is 12.8 Å². The molecular weight excluding hydrogens is 345 g/mol. The minimum atomic E-state index is -0.208. The highest BCUT2D eigenvalue weighted by molar-refractivity contribution is 6.36. The van der Waals surface area contributed by atoms with E-state index in [9.17, 15) is 5.11 Å². The molecule has 116 valence electrons. The summed E-state index contributed by atoms with van der Waals surface area (Å²) in [5.41, 5.74) is 1.92. The first-order valence-corrected chi connectivity index (χ1v) is 8.10. The Hall–Kier alpha value is -1.00. The van der Waals surface area contributed by atoms with Gasteiger partial charge in [-0.15, -0.1) is 0 Å². The van der Waals surface area contributed by atoms with Crippen molar-refractivity contribution < 1.29 is 9.84 Å². The predicted molar refractivity (Wildman–Crippen MR) is 88.8 cm³/mol. The van der Waals surface area contributed by atoms with Crippen LogP contribution in [0, 0.1) is 5.92 Å². The molecule has 1 aromatic heterocycles. The third kappa shape index (κ3) is 3.49. The van der Waals surface area contributed by atoms with Crippen LogP contribution in [0.3, 0.4) is 0 Å². The minimum Gasteiger partial charge on any atom is -0.489 e. The molecule has 1 heterocycles. The number of benzene rings is 1. The zero-order chi connectivity index (χ0) is 15.7. The van der Waals surface area contributed by atoms with Gasteiger partial charge in [0.2, 0.25) is 0 Å². The fraction of sp³-hybridized carbons (Fsp3) is 0.312. The average Bonchev–Trinajstić information content (AvgIpc) is 3.29. The topological polar surface area (TPSA) is 42.4 Å². The number of hydrogen-bond donors (Lipinski definition) is 1. The van der Waals surface area contributed by atoms with Crippen molar-refractivity contribution in [3.8, 4) is 16.9 Å². The van der Waals surface area contributed by atoms with Crippen LogP contribution in [0.1, 0.15) is 18.5 Å². The quantitative estimate of drug-likeness (QED) is 0.766. The molecule has 1 saturated carbocycles. The number of pyridine rings is 1. The molecule has 2 aromatic rings. The van der Waals surface area contributed by atoms with Crippen LogP contribution in [0.15, 0.2) is 24.3 Å².